The Hall–Kier alpha value is -2.21. The van der Waals surface area contributed by atoms with Crippen LogP contribution in [0.4, 0.5) is 11.4 Å². The zero-order chi connectivity index (χ0) is 13.7. The molecule has 6 heteroatoms. The fourth-order valence-electron chi connectivity index (χ4n) is 1.48. The summed E-state index contributed by atoms with van der Waals surface area (Å²) in [6, 6.07) is 15.8. The summed E-state index contributed by atoms with van der Waals surface area (Å²) in [6.45, 7) is 0. The number of halogens is 1. The largest absolute Gasteiger partial charge is 0.294 e. The molecule has 19 heavy (non-hydrogen) atoms. The molecule has 1 N–H and O–H groups in total. The SMILES string of the molecule is O=[N+]([O-])c1ccccc1N/N=C(\Br)c1ccccc1. The van der Waals surface area contributed by atoms with Crippen LogP contribution in [0.5, 0.6) is 0 Å². The van der Waals surface area contributed by atoms with Gasteiger partial charge >= 0.3 is 0 Å². The van der Waals surface area contributed by atoms with Crippen LogP contribution in [0.2, 0.25) is 0 Å². The number of para-hydroxylation sites is 2. The third-order valence-corrected chi connectivity index (χ3v) is 3.02. The number of nitrogens with zero attached hydrogens (tertiary/aromatic N) is 2. The van der Waals surface area contributed by atoms with Crippen molar-refractivity contribution in [3.8, 4) is 0 Å². The molecular formula is C13H10BrN3O2. The van der Waals surface area contributed by atoms with Crippen molar-refractivity contribution in [1.82, 2.24) is 0 Å². The minimum absolute atomic E-state index is 0.0142. The van der Waals surface area contributed by atoms with Crippen LogP contribution in [-0.4, -0.2) is 9.54 Å². The number of hydrogen-bond donors (Lipinski definition) is 1. The topological polar surface area (TPSA) is 67.5 Å². The van der Waals surface area contributed by atoms with Crippen molar-refractivity contribution in [2.75, 3.05) is 5.43 Å². The van der Waals surface area contributed by atoms with Crippen LogP contribution >= 0.6 is 15.9 Å². The van der Waals surface area contributed by atoms with Crippen LogP contribution in [0, 0.1) is 10.1 Å². The number of rotatable bonds is 4. The summed E-state index contributed by atoms with van der Waals surface area (Å²) in [5.74, 6) is 0. The molecule has 0 atom stereocenters. The van der Waals surface area contributed by atoms with Crippen molar-refractivity contribution in [2.45, 2.75) is 0 Å². The first kappa shape index (κ1) is 13.2. The van der Waals surface area contributed by atoms with Gasteiger partial charge in [0, 0.05) is 11.6 Å². The van der Waals surface area contributed by atoms with Gasteiger partial charge in [-0.1, -0.05) is 42.5 Å². The molecule has 0 bridgehead atoms. The van der Waals surface area contributed by atoms with Gasteiger partial charge in [0.1, 0.15) is 10.3 Å². The fourth-order valence-corrected chi connectivity index (χ4v) is 1.83. The zero-order valence-electron chi connectivity index (χ0n) is 9.79. The lowest BCUT2D eigenvalue weighted by Crippen LogP contribution is -1.99. The summed E-state index contributed by atoms with van der Waals surface area (Å²) in [5.41, 5.74) is 3.91. The van der Waals surface area contributed by atoms with Gasteiger partial charge in [-0.15, -0.1) is 0 Å². The number of hydrazone groups is 1. The Morgan fingerprint density at radius 1 is 1.11 bits per heavy atom. The first-order valence-electron chi connectivity index (χ1n) is 5.46. The van der Waals surface area contributed by atoms with E-state index in [1.54, 1.807) is 18.2 Å². The van der Waals surface area contributed by atoms with Crippen LogP contribution in [-0.2, 0) is 0 Å². The second-order valence-electron chi connectivity index (χ2n) is 3.65. The average molecular weight is 320 g/mol. The quantitative estimate of drug-likeness (QED) is 0.530. The molecule has 0 aliphatic heterocycles. The van der Waals surface area contributed by atoms with Gasteiger partial charge in [0.05, 0.1) is 4.92 Å². The number of nitrogens with one attached hydrogen (secondary N) is 1. The molecule has 0 heterocycles. The van der Waals surface area contributed by atoms with E-state index in [-0.39, 0.29) is 5.69 Å². The van der Waals surface area contributed by atoms with Crippen molar-refractivity contribution in [2.24, 2.45) is 5.10 Å². The summed E-state index contributed by atoms with van der Waals surface area (Å²) in [7, 11) is 0. The number of nitro groups is 1. The smallest absolute Gasteiger partial charge is 0.271 e. The van der Waals surface area contributed by atoms with E-state index in [1.807, 2.05) is 30.3 Å². The van der Waals surface area contributed by atoms with E-state index in [0.29, 0.717) is 10.3 Å². The first-order chi connectivity index (χ1) is 9.18. The molecule has 0 saturated carbocycles. The monoisotopic (exact) mass is 319 g/mol. The summed E-state index contributed by atoms with van der Waals surface area (Å²) in [4.78, 5) is 10.4. The molecule has 0 saturated heterocycles. The van der Waals surface area contributed by atoms with Gasteiger partial charge < -0.3 is 0 Å². The maximum absolute atomic E-state index is 10.8. The van der Waals surface area contributed by atoms with Crippen molar-refractivity contribution in [3.63, 3.8) is 0 Å². The van der Waals surface area contributed by atoms with E-state index in [0.717, 1.165) is 5.56 Å². The summed E-state index contributed by atoms with van der Waals surface area (Å²) < 4.78 is 0.575. The van der Waals surface area contributed by atoms with E-state index in [4.69, 9.17) is 0 Å². The molecule has 0 aliphatic rings. The minimum atomic E-state index is -0.450. The average Bonchev–Trinajstić information content (AvgIpc) is 2.46. The van der Waals surface area contributed by atoms with Gasteiger partial charge in [-0.3, -0.25) is 15.5 Å². The van der Waals surface area contributed by atoms with Gasteiger partial charge in [-0.05, 0) is 22.0 Å². The lowest BCUT2D eigenvalue weighted by atomic mass is 10.2. The van der Waals surface area contributed by atoms with E-state index in [9.17, 15) is 10.1 Å². The maximum Gasteiger partial charge on any atom is 0.294 e. The normalized spacial score (nSPS) is 11.1. The number of hydrogen-bond acceptors (Lipinski definition) is 4. The summed E-state index contributed by atoms with van der Waals surface area (Å²) in [6.07, 6.45) is 0. The van der Waals surface area contributed by atoms with E-state index < -0.39 is 4.92 Å². The molecule has 0 unspecified atom stereocenters. The molecule has 0 spiro atoms. The highest BCUT2D eigenvalue weighted by Crippen LogP contribution is 2.23. The van der Waals surface area contributed by atoms with Gasteiger partial charge in [0.2, 0.25) is 0 Å². The first-order valence-corrected chi connectivity index (χ1v) is 6.26. The van der Waals surface area contributed by atoms with Crippen LogP contribution in [0.3, 0.4) is 0 Å². The van der Waals surface area contributed by atoms with Gasteiger partial charge in [-0.2, -0.15) is 5.10 Å². The van der Waals surface area contributed by atoms with Gasteiger partial charge in [0.25, 0.3) is 5.69 Å². The highest BCUT2D eigenvalue weighted by molar-refractivity contribution is 9.18. The molecule has 0 aliphatic carbocycles. The molecular weight excluding hydrogens is 310 g/mol. The highest BCUT2D eigenvalue weighted by Gasteiger charge is 2.11. The Morgan fingerprint density at radius 3 is 2.42 bits per heavy atom. The lowest BCUT2D eigenvalue weighted by molar-refractivity contribution is -0.384. The molecule has 2 aromatic rings. The van der Waals surface area contributed by atoms with Crippen LogP contribution in [0.25, 0.3) is 0 Å². The van der Waals surface area contributed by atoms with Gasteiger partial charge in [0.15, 0.2) is 0 Å². The van der Waals surface area contributed by atoms with Crippen molar-refractivity contribution >= 4 is 31.9 Å². The Kier molecular flexibility index (Phi) is 4.25. The third kappa shape index (κ3) is 3.38. The molecule has 2 aromatic carbocycles. The number of nitro benzene ring substituents is 1. The number of benzene rings is 2. The van der Waals surface area contributed by atoms with Crippen molar-refractivity contribution in [3.05, 3.63) is 70.3 Å². The standard InChI is InChI=1S/C13H10BrN3O2/c14-13(10-6-2-1-3-7-10)16-15-11-8-4-5-9-12(11)17(18)19/h1-9,15H/b16-13-. The predicted molar refractivity (Wildman–Crippen MR) is 78.6 cm³/mol. The summed E-state index contributed by atoms with van der Waals surface area (Å²) in [5, 5.41) is 14.9. The minimum Gasteiger partial charge on any atom is -0.271 e. The molecule has 0 fully saturated rings. The van der Waals surface area contributed by atoms with Crippen molar-refractivity contribution < 1.29 is 4.92 Å². The molecule has 0 amide bonds. The molecule has 5 nitrogen and oxygen atoms in total. The molecule has 96 valence electrons. The predicted octanol–water partition coefficient (Wildman–Crippen LogP) is 3.76. The Morgan fingerprint density at radius 2 is 1.74 bits per heavy atom. The second-order valence-corrected chi connectivity index (χ2v) is 4.41. The van der Waals surface area contributed by atoms with E-state index in [1.165, 1.54) is 6.07 Å². The Labute approximate surface area is 118 Å². The molecule has 0 radical (unpaired) electrons. The van der Waals surface area contributed by atoms with Gasteiger partial charge in [-0.25, -0.2) is 0 Å². The zero-order valence-corrected chi connectivity index (χ0v) is 11.4. The number of anilines is 1. The van der Waals surface area contributed by atoms with Crippen LogP contribution < -0.4 is 5.43 Å². The lowest BCUT2D eigenvalue weighted by Gasteiger charge is -2.03. The van der Waals surface area contributed by atoms with E-state index in [2.05, 4.69) is 26.5 Å². The Bertz CT molecular complexity index is 614. The van der Waals surface area contributed by atoms with E-state index >= 15 is 0 Å². The molecule has 0 aromatic heterocycles. The summed E-state index contributed by atoms with van der Waals surface area (Å²) >= 11 is 3.32. The molecule has 2 rings (SSSR count). The third-order valence-electron chi connectivity index (χ3n) is 2.39. The Balaban J connectivity index is 2.21. The highest BCUT2D eigenvalue weighted by atomic mass is 79.9. The second kappa shape index (κ2) is 6.10. The van der Waals surface area contributed by atoms with Crippen molar-refractivity contribution in [1.29, 1.82) is 0 Å². The fraction of sp³-hybridized carbons (Fsp3) is 0. The van der Waals surface area contributed by atoms with Crippen LogP contribution in [0.1, 0.15) is 5.56 Å². The van der Waals surface area contributed by atoms with Crippen LogP contribution in [0.15, 0.2) is 59.7 Å². The maximum atomic E-state index is 10.8.